The summed E-state index contributed by atoms with van der Waals surface area (Å²) in [5, 5.41) is 0.0215. The van der Waals surface area contributed by atoms with Gasteiger partial charge in [-0.1, -0.05) is 0 Å². The van der Waals surface area contributed by atoms with E-state index in [1.54, 1.807) is 18.2 Å². The number of benzene rings is 5. The zero-order valence-corrected chi connectivity index (χ0v) is 37.9. The maximum absolute atomic E-state index is 15.0. The van der Waals surface area contributed by atoms with Gasteiger partial charge in [0.1, 0.15) is 35.7 Å². The van der Waals surface area contributed by atoms with Crippen molar-refractivity contribution in [2.45, 2.75) is 42.5 Å². The minimum absolute atomic E-state index is 0.000163. The van der Waals surface area contributed by atoms with Crippen molar-refractivity contribution in [1.82, 2.24) is 18.7 Å². The highest BCUT2D eigenvalue weighted by Gasteiger charge is 2.33. The molecule has 0 atom stereocenters. The summed E-state index contributed by atoms with van der Waals surface area (Å²) >= 11 is 1.61. The van der Waals surface area contributed by atoms with Crippen LogP contribution in [-0.2, 0) is 38.9 Å². The Morgan fingerprint density at radius 1 is 0.612 bits per heavy atom. The number of nitrogens with zero attached hydrogens (tertiary/aromatic N) is 5. The number of hydrogen-bond acceptors (Lipinski definition) is 14. The van der Waals surface area contributed by atoms with Gasteiger partial charge in [0.25, 0.3) is 20.0 Å². The van der Waals surface area contributed by atoms with Crippen molar-refractivity contribution >= 4 is 53.4 Å². The van der Waals surface area contributed by atoms with Crippen LogP contribution in [0.5, 0.6) is 34.5 Å². The lowest BCUT2D eigenvalue weighted by molar-refractivity contribution is -0.138. The van der Waals surface area contributed by atoms with Crippen LogP contribution in [0.4, 0.5) is 45.4 Å². The Balaban J connectivity index is 0.000000233. The van der Waals surface area contributed by atoms with Crippen molar-refractivity contribution in [3.05, 3.63) is 143 Å². The van der Waals surface area contributed by atoms with Crippen LogP contribution in [-0.4, -0.2) is 49.8 Å². The van der Waals surface area contributed by atoms with Gasteiger partial charge in [-0.3, -0.25) is 4.72 Å². The summed E-state index contributed by atoms with van der Waals surface area (Å²) in [5.41, 5.74) is -0.911. The Bertz CT molecular complexity index is 3090. The number of ether oxygens (including phenoxy) is 4. The van der Waals surface area contributed by atoms with Gasteiger partial charge in [-0.15, -0.1) is 0 Å². The van der Waals surface area contributed by atoms with Crippen LogP contribution >= 0.6 is 23.1 Å². The number of rotatable bonds is 14. The monoisotopic (exact) mass is 1020 g/mol. The van der Waals surface area contributed by atoms with Gasteiger partial charge >= 0.3 is 12.4 Å². The van der Waals surface area contributed by atoms with Crippen molar-refractivity contribution in [1.29, 1.82) is 0 Å². The summed E-state index contributed by atoms with van der Waals surface area (Å²) in [4.78, 5) is 6.83. The molecule has 0 radical (unpaired) electrons. The van der Waals surface area contributed by atoms with E-state index >= 15 is 4.39 Å². The number of hydrogen-bond donors (Lipinski definition) is 1. The first-order valence-electron chi connectivity index (χ1n) is 18.6. The number of methoxy groups -OCH3 is 2. The van der Waals surface area contributed by atoms with Crippen LogP contribution in [0.25, 0.3) is 0 Å². The molecule has 0 aliphatic rings. The van der Waals surface area contributed by atoms with Crippen LogP contribution in [0.2, 0.25) is 0 Å². The SMILES string of the molecule is COc1ccc(CN(c2ncns2)S(=O)(=O)c2ccc(Oc3cc(C)cc(C(F)(F)F)c3)c(F)c2)c(OC)c1.Cc1cc(Oc2ccc(S(=O)(=O)Nc3ncns3)cc2F)cc(C(F)(F)F)c1. The number of aromatic nitrogens is 4. The van der Waals surface area contributed by atoms with Crippen molar-refractivity contribution in [2.24, 2.45) is 0 Å². The largest absolute Gasteiger partial charge is 0.497 e. The Hall–Kier alpha value is -6.64. The van der Waals surface area contributed by atoms with Gasteiger partial charge in [-0.2, -0.15) is 35.1 Å². The third-order valence-electron chi connectivity index (χ3n) is 8.87. The number of aryl methyl sites for hydroxylation is 2. The number of anilines is 2. The molecular weight excluding hydrogens is 985 g/mol. The van der Waals surface area contributed by atoms with Crippen molar-refractivity contribution in [3.8, 4) is 34.5 Å². The molecule has 354 valence electrons. The molecule has 0 unspecified atom stereocenters. The highest BCUT2D eigenvalue weighted by Crippen LogP contribution is 2.38. The lowest BCUT2D eigenvalue weighted by Gasteiger charge is -2.23. The van der Waals surface area contributed by atoms with Crippen LogP contribution in [0.15, 0.2) is 113 Å². The molecule has 2 heterocycles. The standard InChI is InChI=1S/C25H21F4N3O5S2.C16H11F4N3O3S2/c1-15-8-17(25(27,28)29)10-19(9-15)37-22-7-6-20(12-21(22)26)39(33,34)32(24-30-14-31-38-24)13-16-4-5-18(35-2)11-23(16)36-3;1-9-4-10(16(18,19)20)6-11(5-9)26-14-3-2-12(7-13(14)17)28(24,25)23-15-21-8-22-27-15/h4-12,14H,13H2,1-3H3;2-8H,1H3,(H,21,22,23). The molecule has 0 saturated heterocycles. The van der Waals surface area contributed by atoms with Crippen LogP contribution in [0.3, 0.4) is 0 Å². The highest BCUT2D eigenvalue weighted by atomic mass is 32.2. The molecule has 26 heteroatoms. The molecule has 14 nitrogen and oxygen atoms in total. The number of alkyl halides is 6. The van der Waals surface area contributed by atoms with Crippen molar-refractivity contribution in [3.63, 3.8) is 0 Å². The third-order valence-corrected chi connectivity index (χ3v) is 13.5. The minimum atomic E-state index is -4.62. The second kappa shape index (κ2) is 20.1. The van der Waals surface area contributed by atoms with E-state index in [0.717, 1.165) is 88.3 Å². The van der Waals surface area contributed by atoms with E-state index in [-0.39, 0.29) is 39.4 Å². The zero-order chi connectivity index (χ0) is 48.9. The summed E-state index contributed by atoms with van der Waals surface area (Å²) < 4.78 is 191. The predicted octanol–water partition coefficient (Wildman–Crippen LogP) is 10.8. The van der Waals surface area contributed by atoms with Crippen LogP contribution in [0.1, 0.15) is 27.8 Å². The number of nitrogens with one attached hydrogen (secondary N) is 1. The van der Waals surface area contributed by atoms with Crippen LogP contribution < -0.4 is 28.0 Å². The normalized spacial score (nSPS) is 11.9. The minimum Gasteiger partial charge on any atom is -0.497 e. The Morgan fingerprint density at radius 2 is 1.15 bits per heavy atom. The van der Waals surface area contributed by atoms with E-state index in [9.17, 15) is 47.6 Å². The van der Waals surface area contributed by atoms with Crippen molar-refractivity contribution in [2.75, 3.05) is 23.2 Å². The molecule has 2 aromatic heterocycles. The Morgan fingerprint density at radius 3 is 1.63 bits per heavy atom. The van der Waals surface area contributed by atoms with Gasteiger partial charge < -0.3 is 18.9 Å². The molecule has 0 fully saturated rings. The van der Waals surface area contributed by atoms with Gasteiger partial charge in [0, 0.05) is 34.7 Å². The maximum Gasteiger partial charge on any atom is 0.416 e. The zero-order valence-electron chi connectivity index (χ0n) is 34.7. The molecular formula is C41H32F8N6O8S4. The summed E-state index contributed by atoms with van der Waals surface area (Å²) in [6.45, 7) is 2.65. The summed E-state index contributed by atoms with van der Waals surface area (Å²) in [5.74, 6) is -2.66. The average molecular weight is 1020 g/mol. The first-order chi connectivity index (χ1) is 31.5. The summed E-state index contributed by atoms with van der Waals surface area (Å²) in [6.07, 6.45) is -6.88. The maximum atomic E-state index is 15.0. The molecule has 0 aliphatic heterocycles. The fourth-order valence-electron chi connectivity index (χ4n) is 5.84. The first kappa shape index (κ1) is 49.8. The second-order valence-electron chi connectivity index (χ2n) is 13.7. The lowest BCUT2D eigenvalue weighted by atomic mass is 10.1. The smallest absolute Gasteiger partial charge is 0.416 e. The lowest BCUT2D eigenvalue weighted by Crippen LogP contribution is -2.30. The molecule has 0 spiro atoms. The molecule has 7 rings (SSSR count). The van der Waals surface area contributed by atoms with Gasteiger partial charge in [0.05, 0.1) is 41.7 Å². The van der Waals surface area contributed by atoms with E-state index in [4.69, 9.17) is 18.9 Å². The molecule has 7 aromatic rings. The summed E-state index contributed by atoms with van der Waals surface area (Å²) in [7, 11) is -5.62. The number of sulfonamides is 2. The van der Waals surface area contributed by atoms with Gasteiger partial charge in [0.2, 0.25) is 10.3 Å². The van der Waals surface area contributed by atoms with Gasteiger partial charge in [-0.05, 0) is 110 Å². The third kappa shape index (κ3) is 12.4. The molecule has 0 saturated carbocycles. The summed E-state index contributed by atoms with van der Waals surface area (Å²) in [6, 6.07) is 16.4. The fraction of sp³-hybridized carbons (Fsp3) is 0.171. The quantitative estimate of drug-likeness (QED) is 0.102. The molecule has 67 heavy (non-hydrogen) atoms. The number of halogens is 8. The van der Waals surface area contributed by atoms with Crippen LogP contribution in [0, 0.1) is 25.5 Å². The molecule has 5 aromatic carbocycles. The Kier molecular flexibility index (Phi) is 14.9. The molecule has 0 aliphatic carbocycles. The molecule has 0 bridgehead atoms. The van der Waals surface area contributed by atoms with E-state index < -0.39 is 76.5 Å². The predicted molar refractivity (Wildman–Crippen MR) is 229 cm³/mol. The highest BCUT2D eigenvalue weighted by molar-refractivity contribution is 7.93. The topological polar surface area (TPSA) is 172 Å². The second-order valence-corrected chi connectivity index (χ2v) is 18.8. The fourth-order valence-corrected chi connectivity index (χ4v) is 9.65. The molecule has 1 N–H and O–H groups in total. The average Bonchev–Trinajstić information content (AvgIpc) is 3.98. The van der Waals surface area contributed by atoms with E-state index in [2.05, 4.69) is 23.4 Å². The van der Waals surface area contributed by atoms with Gasteiger partial charge in [0.15, 0.2) is 23.1 Å². The van der Waals surface area contributed by atoms with E-state index in [0.29, 0.717) is 23.1 Å². The van der Waals surface area contributed by atoms with Gasteiger partial charge in [-0.25, -0.2) is 39.9 Å². The van der Waals surface area contributed by atoms with E-state index in [1.165, 1.54) is 46.5 Å². The Labute approximate surface area is 384 Å². The first-order valence-corrected chi connectivity index (χ1v) is 23.1. The van der Waals surface area contributed by atoms with Crippen molar-refractivity contribution < 1.29 is 70.9 Å². The van der Waals surface area contributed by atoms with E-state index in [1.807, 2.05) is 0 Å². The molecule has 0 amide bonds.